The first kappa shape index (κ1) is 17.3. The lowest BCUT2D eigenvalue weighted by atomic mass is 9.93. The third kappa shape index (κ3) is 5.26. The van der Waals surface area contributed by atoms with Gasteiger partial charge >= 0.3 is 12.2 Å². The zero-order chi connectivity index (χ0) is 16.3. The molecule has 0 heterocycles. The number of rotatable bonds is 4. The average Bonchev–Trinajstić information content (AvgIpc) is 2.37. The minimum absolute atomic E-state index is 0.230. The molecule has 1 aromatic carbocycles. The second kappa shape index (κ2) is 6.34. The maximum Gasteiger partial charge on any atom is 0.416 e. The fourth-order valence-corrected chi connectivity index (χ4v) is 1.74. The minimum atomic E-state index is -4.38. The number of anilines is 1. The van der Waals surface area contributed by atoms with E-state index in [1.165, 1.54) is 17.0 Å². The summed E-state index contributed by atoms with van der Waals surface area (Å²) in [7, 11) is 1.61. The zero-order valence-corrected chi connectivity index (χ0v) is 12.3. The molecular formula is C14H20F3N3O. The van der Waals surface area contributed by atoms with Crippen LogP contribution in [0.5, 0.6) is 0 Å². The van der Waals surface area contributed by atoms with Crippen molar-refractivity contribution in [2.24, 2.45) is 11.1 Å². The van der Waals surface area contributed by atoms with E-state index < -0.39 is 17.8 Å². The number of nitrogens with zero attached hydrogens (tertiary/aromatic N) is 1. The quantitative estimate of drug-likeness (QED) is 0.897. The summed E-state index contributed by atoms with van der Waals surface area (Å²) in [5.41, 5.74) is 4.93. The molecule has 4 nitrogen and oxygen atoms in total. The number of nitrogens with one attached hydrogen (secondary N) is 1. The molecule has 0 radical (unpaired) electrons. The van der Waals surface area contributed by atoms with Gasteiger partial charge in [0.1, 0.15) is 0 Å². The molecule has 0 fully saturated rings. The fraction of sp³-hybridized carbons (Fsp3) is 0.500. The van der Waals surface area contributed by atoms with Crippen molar-refractivity contribution < 1.29 is 18.0 Å². The Morgan fingerprint density at radius 2 is 1.76 bits per heavy atom. The molecule has 21 heavy (non-hydrogen) atoms. The van der Waals surface area contributed by atoms with Crippen LogP contribution >= 0.6 is 0 Å². The maximum absolute atomic E-state index is 12.4. The van der Waals surface area contributed by atoms with Gasteiger partial charge in [0.05, 0.1) is 5.56 Å². The largest absolute Gasteiger partial charge is 0.416 e. The van der Waals surface area contributed by atoms with Gasteiger partial charge in [0, 0.05) is 19.3 Å². The van der Waals surface area contributed by atoms with E-state index in [0.29, 0.717) is 18.8 Å². The number of benzene rings is 1. The van der Waals surface area contributed by atoms with Crippen LogP contribution < -0.4 is 11.1 Å². The van der Waals surface area contributed by atoms with Gasteiger partial charge in [-0.3, -0.25) is 0 Å². The summed E-state index contributed by atoms with van der Waals surface area (Å²) in [4.78, 5) is 13.4. The molecule has 0 spiro atoms. The molecule has 118 valence electrons. The number of carbonyl (C=O) groups is 1. The van der Waals surface area contributed by atoms with Crippen LogP contribution in [0.3, 0.4) is 0 Å². The SMILES string of the molecule is CN(CC(C)(C)CN)C(=O)Nc1ccc(C(F)(F)F)cc1. The zero-order valence-electron chi connectivity index (χ0n) is 12.3. The van der Waals surface area contributed by atoms with Crippen LogP contribution in [0.15, 0.2) is 24.3 Å². The Morgan fingerprint density at radius 3 is 2.19 bits per heavy atom. The summed E-state index contributed by atoms with van der Waals surface area (Å²) < 4.78 is 37.3. The minimum Gasteiger partial charge on any atom is -0.330 e. The van der Waals surface area contributed by atoms with Crippen molar-refractivity contribution in [1.82, 2.24) is 4.90 Å². The van der Waals surface area contributed by atoms with Gasteiger partial charge in [-0.2, -0.15) is 13.2 Å². The molecule has 0 atom stereocenters. The van der Waals surface area contributed by atoms with E-state index in [9.17, 15) is 18.0 Å². The van der Waals surface area contributed by atoms with Gasteiger partial charge in [0.15, 0.2) is 0 Å². The normalized spacial score (nSPS) is 12.1. The first-order chi connectivity index (χ1) is 9.55. The van der Waals surface area contributed by atoms with Gasteiger partial charge in [-0.1, -0.05) is 13.8 Å². The predicted octanol–water partition coefficient (Wildman–Crippen LogP) is 3.15. The van der Waals surface area contributed by atoms with Crippen LogP contribution in [0.4, 0.5) is 23.7 Å². The van der Waals surface area contributed by atoms with E-state index in [4.69, 9.17) is 5.73 Å². The third-order valence-corrected chi connectivity index (χ3v) is 3.03. The topological polar surface area (TPSA) is 58.4 Å². The van der Waals surface area contributed by atoms with Crippen LogP contribution in [0, 0.1) is 5.41 Å². The van der Waals surface area contributed by atoms with Crippen molar-refractivity contribution in [1.29, 1.82) is 0 Å². The van der Waals surface area contributed by atoms with Gasteiger partial charge in [0.25, 0.3) is 0 Å². The van der Waals surface area contributed by atoms with Gasteiger partial charge in [-0.15, -0.1) is 0 Å². The van der Waals surface area contributed by atoms with Crippen molar-refractivity contribution in [2.45, 2.75) is 20.0 Å². The summed E-state index contributed by atoms with van der Waals surface area (Å²) >= 11 is 0. The van der Waals surface area contributed by atoms with Gasteiger partial charge in [-0.25, -0.2) is 4.79 Å². The summed E-state index contributed by atoms with van der Waals surface area (Å²) in [6.07, 6.45) is -4.38. The summed E-state index contributed by atoms with van der Waals surface area (Å²) in [6.45, 7) is 4.71. The number of hydrogen-bond donors (Lipinski definition) is 2. The number of hydrogen-bond acceptors (Lipinski definition) is 2. The highest BCUT2D eigenvalue weighted by Crippen LogP contribution is 2.29. The molecule has 0 aliphatic rings. The highest BCUT2D eigenvalue weighted by molar-refractivity contribution is 5.89. The molecule has 0 bridgehead atoms. The molecule has 0 saturated carbocycles. The summed E-state index contributed by atoms with van der Waals surface area (Å²) in [5.74, 6) is 0. The first-order valence-electron chi connectivity index (χ1n) is 6.44. The Morgan fingerprint density at radius 1 is 1.24 bits per heavy atom. The van der Waals surface area contributed by atoms with E-state index in [1.807, 2.05) is 13.8 Å². The second-order valence-corrected chi connectivity index (χ2v) is 5.73. The number of nitrogens with two attached hydrogens (primary N) is 1. The Balaban J connectivity index is 2.67. The van der Waals surface area contributed by atoms with E-state index in [1.54, 1.807) is 7.05 Å². The molecule has 2 amide bonds. The second-order valence-electron chi connectivity index (χ2n) is 5.73. The number of carbonyl (C=O) groups excluding carboxylic acids is 1. The van der Waals surface area contributed by atoms with Crippen LogP contribution in [0.2, 0.25) is 0 Å². The van der Waals surface area contributed by atoms with Crippen LogP contribution in [-0.4, -0.2) is 31.1 Å². The monoisotopic (exact) mass is 303 g/mol. The van der Waals surface area contributed by atoms with Crippen molar-refractivity contribution in [3.63, 3.8) is 0 Å². The predicted molar refractivity (Wildman–Crippen MR) is 75.9 cm³/mol. The number of urea groups is 1. The van der Waals surface area contributed by atoms with E-state index in [0.717, 1.165) is 12.1 Å². The third-order valence-electron chi connectivity index (χ3n) is 3.03. The van der Waals surface area contributed by atoms with Crippen LogP contribution in [0.1, 0.15) is 19.4 Å². The highest BCUT2D eigenvalue weighted by Gasteiger charge is 2.30. The van der Waals surface area contributed by atoms with Crippen molar-refractivity contribution >= 4 is 11.7 Å². The summed E-state index contributed by atoms with van der Waals surface area (Å²) in [6, 6.07) is 3.92. The van der Waals surface area contributed by atoms with Crippen molar-refractivity contribution in [2.75, 3.05) is 25.5 Å². The Labute approximate surface area is 122 Å². The Hall–Kier alpha value is -1.76. The smallest absolute Gasteiger partial charge is 0.330 e. The van der Waals surface area contributed by atoms with Crippen molar-refractivity contribution in [3.05, 3.63) is 29.8 Å². The number of amides is 2. The van der Waals surface area contributed by atoms with Crippen LogP contribution in [0.25, 0.3) is 0 Å². The van der Waals surface area contributed by atoms with E-state index >= 15 is 0 Å². The molecular weight excluding hydrogens is 283 g/mol. The van der Waals surface area contributed by atoms with E-state index in [-0.39, 0.29) is 5.41 Å². The average molecular weight is 303 g/mol. The van der Waals surface area contributed by atoms with Gasteiger partial charge in [0.2, 0.25) is 0 Å². The molecule has 0 aromatic heterocycles. The molecule has 1 aromatic rings. The molecule has 7 heteroatoms. The first-order valence-corrected chi connectivity index (χ1v) is 6.44. The molecule has 1 rings (SSSR count). The fourth-order valence-electron chi connectivity index (χ4n) is 1.74. The number of halogens is 3. The maximum atomic E-state index is 12.4. The molecule has 0 aliphatic carbocycles. The summed E-state index contributed by atoms with van der Waals surface area (Å²) in [5, 5.41) is 2.55. The van der Waals surface area contributed by atoms with Crippen molar-refractivity contribution in [3.8, 4) is 0 Å². The molecule has 3 N–H and O–H groups in total. The lowest BCUT2D eigenvalue weighted by Gasteiger charge is -2.29. The van der Waals surface area contributed by atoms with Gasteiger partial charge < -0.3 is 16.0 Å². The standard InChI is InChI=1S/C14H20F3N3O/c1-13(2,8-18)9-20(3)12(21)19-11-6-4-10(5-7-11)14(15,16)17/h4-7H,8-9,18H2,1-3H3,(H,19,21). The van der Waals surface area contributed by atoms with E-state index in [2.05, 4.69) is 5.32 Å². The molecule has 0 aliphatic heterocycles. The lowest BCUT2D eigenvalue weighted by Crippen LogP contribution is -2.41. The van der Waals surface area contributed by atoms with Gasteiger partial charge in [-0.05, 0) is 36.2 Å². The number of alkyl halides is 3. The molecule has 0 unspecified atom stereocenters. The lowest BCUT2D eigenvalue weighted by molar-refractivity contribution is -0.137. The highest BCUT2D eigenvalue weighted by atomic mass is 19.4. The molecule has 0 saturated heterocycles. The Bertz CT molecular complexity index is 483. The Kier molecular flexibility index (Phi) is 5.22. The van der Waals surface area contributed by atoms with Crippen LogP contribution in [-0.2, 0) is 6.18 Å².